The lowest BCUT2D eigenvalue weighted by Crippen LogP contribution is -2.26. The van der Waals surface area contributed by atoms with Gasteiger partial charge in [0, 0.05) is 18.9 Å². The molecule has 4 heteroatoms. The smallest absolute Gasteiger partial charge is 0.144 e. The van der Waals surface area contributed by atoms with E-state index < -0.39 is 0 Å². The van der Waals surface area contributed by atoms with E-state index in [9.17, 15) is 5.11 Å². The molecule has 1 aliphatic rings. The number of rotatable bonds is 4. The molecule has 15 heavy (non-hydrogen) atoms. The number of aliphatic hydroxyl groups excluding tert-OH is 1. The molecule has 0 amide bonds. The number of aromatic nitrogens is 2. The summed E-state index contributed by atoms with van der Waals surface area (Å²) < 4.78 is 0. The van der Waals surface area contributed by atoms with Crippen molar-refractivity contribution in [2.24, 2.45) is 5.92 Å². The molecule has 1 heterocycles. The van der Waals surface area contributed by atoms with Crippen LogP contribution < -0.4 is 5.32 Å². The van der Waals surface area contributed by atoms with Crippen LogP contribution in [0.3, 0.4) is 0 Å². The van der Waals surface area contributed by atoms with Crippen LogP contribution in [-0.4, -0.2) is 27.7 Å². The summed E-state index contributed by atoms with van der Waals surface area (Å²) in [4.78, 5) is 8.05. The van der Waals surface area contributed by atoms with Crippen LogP contribution in [-0.2, 0) is 0 Å². The Morgan fingerprint density at radius 2 is 2.20 bits per heavy atom. The van der Waals surface area contributed by atoms with Crippen LogP contribution in [0.2, 0.25) is 0 Å². The molecule has 0 bridgehead atoms. The number of anilines is 1. The van der Waals surface area contributed by atoms with Crippen LogP contribution in [0.25, 0.3) is 0 Å². The van der Waals surface area contributed by atoms with E-state index in [1.165, 1.54) is 12.8 Å². The average molecular weight is 207 g/mol. The first-order valence-corrected chi connectivity index (χ1v) is 5.54. The van der Waals surface area contributed by atoms with E-state index in [1.807, 2.05) is 0 Å². The highest BCUT2D eigenvalue weighted by Gasteiger charge is 2.22. The van der Waals surface area contributed by atoms with Crippen LogP contribution in [0.4, 0.5) is 5.82 Å². The Hall–Kier alpha value is -1.16. The van der Waals surface area contributed by atoms with Crippen molar-refractivity contribution in [3.63, 3.8) is 0 Å². The van der Waals surface area contributed by atoms with Crippen LogP contribution in [0.1, 0.15) is 25.7 Å². The molecule has 0 spiro atoms. The van der Waals surface area contributed by atoms with Gasteiger partial charge in [0.2, 0.25) is 0 Å². The van der Waals surface area contributed by atoms with Gasteiger partial charge in [-0.2, -0.15) is 0 Å². The predicted molar refractivity (Wildman–Crippen MR) is 58.5 cm³/mol. The van der Waals surface area contributed by atoms with Gasteiger partial charge in [0.15, 0.2) is 0 Å². The summed E-state index contributed by atoms with van der Waals surface area (Å²) >= 11 is 0. The molecule has 0 aliphatic heterocycles. The van der Waals surface area contributed by atoms with E-state index in [2.05, 4.69) is 15.3 Å². The Morgan fingerprint density at radius 1 is 1.40 bits per heavy atom. The van der Waals surface area contributed by atoms with E-state index in [0.717, 1.165) is 18.7 Å². The Bertz CT molecular complexity index is 285. The van der Waals surface area contributed by atoms with Gasteiger partial charge in [-0.3, -0.25) is 4.98 Å². The molecule has 2 rings (SSSR count). The number of nitrogens with zero attached hydrogens (tertiary/aromatic N) is 2. The van der Waals surface area contributed by atoms with Gasteiger partial charge in [-0.1, -0.05) is 12.8 Å². The first kappa shape index (κ1) is 10.4. The molecule has 0 saturated heterocycles. The number of aliphatic hydroxyl groups is 1. The van der Waals surface area contributed by atoms with Crippen molar-refractivity contribution in [1.82, 2.24) is 9.97 Å². The minimum absolute atomic E-state index is 0.255. The van der Waals surface area contributed by atoms with Crippen molar-refractivity contribution >= 4 is 5.82 Å². The molecule has 82 valence electrons. The van der Waals surface area contributed by atoms with Gasteiger partial charge in [0.05, 0.1) is 12.3 Å². The van der Waals surface area contributed by atoms with Gasteiger partial charge in [0.25, 0.3) is 0 Å². The summed E-state index contributed by atoms with van der Waals surface area (Å²) in [5.41, 5.74) is 0. The first-order valence-electron chi connectivity index (χ1n) is 5.54. The third-order valence-electron chi connectivity index (χ3n) is 3.00. The molecule has 0 aromatic carbocycles. The highest BCUT2D eigenvalue weighted by atomic mass is 16.3. The summed E-state index contributed by atoms with van der Waals surface area (Å²) in [5, 5.41) is 13.0. The fourth-order valence-corrected chi connectivity index (χ4v) is 2.11. The zero-order chi connectivity index (χ0) is 10.5. The average Bonchev–Trinajstić information content (AvgIpc) is 2.81. The lowest BCUT2D eigenvalue weighted by atomic mass is 10.0. The standard InChI is InChI=1S/C11H17N3O/c15-10(9-3-1-2-4-9)7-14-11-8-12-5-6-13-11/h5-6,8-10,15H,1-4,7H2,(H,13,14). The second kappa shape index (κ2) is 5.07. The van der Waals surface area contributed by atoms with E-state index in [-0.39, 0.29) is 6.10 Å². The third-order valence-corrected chi connectivity index (χ3v) is 3.00. The molecule has 2 N–H and O–H groups in total. The normalized spacial score (nSPS) is 19.0. The SMILES string of the molecule is OC(CNc1cnccn1)C1CCCC1. The zero-order valence-corrected chi connectivity index (χ0v) is 8.76. The quantitative estimate of drug-likeness (QED) is 0.784. The van der Waals surface area contributed by atoms with Gasteiger partial charge in [0.1, 0.15) is 5.82 Å². The molecule has 1 saturated carbocycles. The zero-order valence-electron chi connectivity index (χ0n) is 8.76. The summed E-state index contributed by atoms with van der Waals surface area (Å²) in [5.74, 6) is 1.20. The highest BCUT2D eigenvalue weighted by molar-refractivity contribution is 5.29. The monoisotopic (exact) mass is 207 g/mol. The molecule has 1 aromatic rings. The Labute approximate surface area is 89.8 Å². The number of hydrogen-bond acceptors (Lipinski definition) is 4. The van der Waals surface area contributed by atoms with Crippen molar-refractivity contribution in [3.8, 4) is 0 Å². The van der Waals surface area contributed by atoms with E-state index >= 15 is 0 Å². The third kappa shape index (κ3) is 2.89. The lowest BCUT2D eigenvalue weighted by Gasteiger charge is -2.18. The molecule has 0 radical (unpaired) electrons. The summed E-state index contributed by atoms with van der Waals surface area (Å²) in [6, 6.07) is 0. The van der Waals surface area contributed by atoms with Crippen molar-refractivity contribution < 1.29 is 5.11 Å². The minimum Gasteiger partial charge on any atom is -0.391 e. The molecular formula is C11H17N3O. The van der Waals surface area contributed by atoms with E-state index in [4.69, 9.17) is 0 Å². The van der Waals surface area contributed by atoms with Crippen molar-refractivity contribution in [1.29, 1.82) is 0 Å². The van der Waals surface area contributed by atoms with Crippen molar-refractivity contribution in [2.45, 2.75) is 31.8 Å². The second-order valence-corrected chi connectivity index (χ2v) is 4.08. The molecule has 1 aliphatic carbocycles. The molecular weight excluding hydrogens is 190 g/mol. The maximum atomic E-state index is 9.90. The largest absolute Gasteiger partial charge is 0.391 e. The maximum absolute atomic E-state index is 9.90. The van der Waals surface area contributed by atoms with E-state index in [0.29, 0.717) is 12.5 Å². The molecule has 1 fully saturated rings. The fraction of sp³-hybridized carbons (Fsp3) is 0.636. The maximum Gasteiger partial charge on any atom is 0.144 e. The molecule has 1 atom stereocenters. The van der Waals surface area contributed by atoms with Crippen molar-refractivity contribution in [2.75, 3.05) is 11.9 Å². The predicted octanol–water partition coefficient (Wildman–Crippen LogP) is 1.44. The lowest BCUT2D eigenvalue weighted by molar-refractivity contribution is 0.122. The number of nitrogens with one attached hydrogen (secondary N) is 1. The van der Waals surface area contributed by atoms with Crippen LogP contribution >= 0.6 is 0 Å². The van der Waals surface area contributed by atoms with Gasteiger partial charge in [-0.05, 0) is 18.8 Å². The molecule has 1 unspecified atom stereocenters. The van der Waals surface area contributed by atoms with Crippen molar-refractivity contribution in [3.05, 3.63) is 18.6 Å². The molecule has 4 nitrogen and oxygen atoms in total. The van der Waals surface area contributed by atoms with Crippen LogP contribution in [0.5, 0.6) is 0 Å². The summed E-state index contributed by atoms with van der Waals surface area (Å²) in [6.45, 7) is 0.573. The Morgan fingerprint density at radius 3 is 2.87 bits per heavy atom. The summed E-state index contributed by atoms with van der Waals surface area (Å²) in [6.07, 6.45) is 9.52. The second-order valence-electron chi connectivity index (χ2n) is 4.08. The van der Waals surface area contributed by atoms with Gasteiger partial charge < -0.3 is 10.4 Å². The van der Waals surface area contributed by atoms with Gasteiger partial charge in [-0.25, -0.2) is 4.98 Å². The van der Waals surface area contributed by atoms with Gasteiger partial charge >= 0.3 is 0 Å². The fourth-order valence-electron chi connectivity index (χ4n) is 2.11. The summed E-state index contributed by atoms with van der Waals surface area (Å²) in [7, 11) is 0. The molecule has 1 aromatic heterocycles. The highest BCUT2D eigenvalue weighted by Crippen LogP contribution is 2.27. The first-order chi connectivity index (χ1) is 7.36. The minimum atomic E-state index is -0.255. The van der Waals surface area contributed by atoms with E-state index in [1.54, 1.807) is 18.6 Å². The topological polar surface area (TPSA) is 58.0 Å². The Kier molecular flexibility index (Phi) is 3.50. The van der Waals surface area contributed by atoms with Crippen LogP contribution in [0.15, 0.2) is 18.6 Å². The number of hydrogen-bond donors (Lipinski definition) is 2. The Balaban J connectivity index is 1.77. The van der Waals surface area contributed by atoms with Gasteiger partial charge in [-0.15, -0.1) is 0 Å². The van der Waals surface area contributed by atoms with Crippen LogP contribution in [0, 0.1) is 5.92 Å².